The summed E-state index contributed by atoms with van der Waals surface area (Å²) in [6, 6.07) is 0. The number of hydrogen-bond donors (Lipinski definition) is 4. The molecular weight excluding hydrogens is 488 g/mol. The van der Waals surface area contributed by atoms with E-state index < -0.39 is 0 Å². The van der Waals surface area contributed by atoms with Crippen molar-refractivity contribution in [2.45, 2.75) is 123 Å². The van der Waals surface area contributed by atoms with Crippen LogP contribution in [0.4, 0.5) is 0 Å². The Bertz CT molecular complexity index is 835. The number of carbonyl (C=O) groups is 1. The van der Waals surface area contributed by atoms with Crippen molar-refractivity contribution in [2.24, 2.45) is 46.3 Å². The molecule has 0 spiro atoms. The molecule has 0 aromatic heterocycles. The third kappa shape index (κ3) is 6.24. The van der Waals surface area contributed by atoms with Crippen molar-refractivity contribution in [3.8, 4) is 0 Å². The number of fused-ring (bicyclic) bond motifs is 5. The van der Waals surface area contributed by atoms with Crippen molar-refractivity contribution in [3.63, 3.8) is 0 Å². The van der Waals surface area contributed by atoms with Gasteiger partial charge in [0, 0.05) is 19.4 Å². The number of carbonyl (C=O) groups excluding carboxylic acids is 1. The summed E-state index contributed by atoms with van der Waals surface area (Å²) in [6.07, 6.45) is 10.3. The molecule has 226 valence electrons. The number of quaternary nitrogens is 1. The molecule has 1 amide bonds. The first kappa shape index (κ1) is 31.3. The molecule has 0 saturated heterocycles. The highest BCUT2D eigenvalue weighted by molar-refractivity contribution is 5.75. The van der Waals surface area contributed by atoms with Crippen LogP contribution in [0.5, 0.6) is 0 Å². The zero-order valence-corrected chi connectivity index (χ0v) is 26.0. The van der Waals surface area contributed by atoms with Gasteiger partial charge in [-0.15, -0.1) is 0 Å². The van der Waals surface area contributed by atoms with Crippen molar-refractivity contribution >= 4 is 5.91 Å². The summed E-state index contributed by atoms with van der Waals surface area (Å²) >= 11 is 0. The zero-order chi connectivity index (χ0) is 28.6. The molecule has 0 radical (unpaired) electrons. The van der Waals surface area contributed by atoms with E-state index in [1.54, 1.807) is 0 Å². The first-order valence-electron chi connectivity index (χ1n) is 16.5. The van der Waals surface area contributed by atoms with Crippen LogP contribution in [0.1, 0.15) is 105 Å². The maximum Gasteiger partial charge on any atom is 0.220 e. The minimum absolute atomic E-state index is 0.108. The van der Waals surface area contributed by atoms with Crippen molar-refractivity contribution < 1.29 is 24.6 Å². The van der Waals surface area contributed by atoms with Crippen molar-refractivity contribution in [3.05, 3.63) is 0 Å². The van der Waals surface area contributed by atoms with Crippen molar-refractivity contribution in [2.75, 3.05) is 33.7 Å². The molecule has 4 fully saturated rings. The summed E-state index contributed by atoms with van der Waals surface area (Å²) in [5, 5.41) is 36.7. The second-order valence-corrected chi connectivity index (χ2v) is 15.5. The van der Waals surface area contributed by atoms with E-state index in [9.17, 15) is 20.1 Å². The van der Waals surface area contributed by atoms with Crippen molar-refractivity contribution in [1.82, 2.24) is 5.32 Å². The standard InChI is InChI=1S/C33H60N2O4/c1-7-8-17-35(5,6)18-9-16-34-30(39)13-10-22(2)25-11-12-26-31-27(21-29(38)33(25,26)4)32(3)15-14-24(36)19-23(32)20-28(31)37/h22-29,31,36-38H,7-21H2,1-6H3/p+1/t22-,23?,24-,25-,26?,27?,28-,29+,31?,32+,33-/m1/s1. The van der Waals surface area contributed by atoms with Crippen LogP contribution in [-0.2, 0) is 4.79 Å². The van der Waals surface area contributed by atoms with Gasteiger partial charge in [-0.25, -0.2) is 0 Å². The maximum atomic E-state index is 12.7. The highest BCUT2D eigenvalue weighted by atomic mass is 16.3. The Labute approximate surface area is 238 Å². The number of hydrogen-bond acceptors (Lipinski definition) is 4. The van der Waals surface area contributed by atoms with Gasteiger partial charge in [0.2, 0.25) is 5.91 Å². The van der Waals surface area contributed by atoms with Crippen LogP contribution in [0, 0.1) is 46.3 Å². The Morgan fingerprint density at radius 2 is 1.72 bits per heavy atom. The largest absolute Gasteiger partial charge is 0.393 e. The van der Waals surface area contributed by atoms with Crippen LogP contribution >= 0.6 is 0 Å². The van der Waals surface area contributed by atoms with Crippen molar-refractivity contribution in [1.29, 1.82) is 0 Å². The Balaban J connectivity index is 1.32. The minimum Gasteiger partial charge on any atom is -0.393 e. The van der Waals surface area contributed by atoms with E-state index in [0.717, 1.165) is 75.4 Å². The average Bonchev–Trinajstić information content (AvgIpc) is 3.24. The lowest BCUT2D eigenvalue weighted by molar-refractivity contribution is -0.890. The zero-order valence-electron chi connectivity index (χ0n) is 26.0. The molecule has 39 heavy (non-hydrogen) atoms. The molecule has 0 aliphatic heterocycles. The molecule has 0 heterocycles. The van der Waals surface area contributed by atoms with Gasteiger partial charge >= 0.3 is 0 Å². The number of unbranched alkanes of at least 4 members (excludes halogenated alkanes) is 1. The summed E-state index contributed by atoms with van der Waals surface area (Å²) < 4.78 is 1.02. The Hall–Kier alpha value is -0.690. The summed E-state index contributed by atoms with van der Waals surface area (Å²) in [5.41, 5.74) is -0.0886. The van der Waals surface area contributed by atoms with Gasteiger partial charge in [-0.05, 0) is 104 Å². The quantitative estimate of drug-likeness (QED) is 0.221. The van der Waals surface area contributed by atoms with Gasteiger partial charge in [-0.2, -0.15) is 0 Å². The first-order valence-corrected chi connectivity index (χ1v) is 16.5. The SMILES string of the molecule is CCCC[N+](C)(C)CCCNC(=O)CC[C@@H](C)[C@H]1CCC2C3C(C[C@H](O)[C@@]21C)[C@@]1(C)CC[C@@H](O)CC1C[C@H]3O. The molecule has 4 aliphatic carbocycles. The molecule has 0 aromatic rings. The van der Waals surface area contributed by atoms with E-state index in [2.05, 4.69) is 47.1 Å². The molecule has 0 bridgehead atoms. The molecule has 4 aliphatic rings. The fraction of sp³-hybridized carbons (Fsp3) is 0.970. The normalized spacial score (nSPS) is 42.8. The molecule has 4 unspecified atom stereocenters. The summed E-state index contributed by atoms with van der Waals surface area (Å²) in [7, 11) is 4.56. The molecule has 4 saturated carbocycles. The lowest BCUT2D eigenvalue weighted by atomic mass is 9.43. The van der Waals surface area contributed by atoms with Gasteiger partial charge < -0.3 is 25.1 Å². The van der Waals surface area contributed by atoms with Crippen LogP contribution in [0.15, 0.2) is 0 Å². The average molecular weight is 550 g/mol. The molecule has 6 heteroatoms. The monoisotopic (exact) mass is 549 g/mol. The highest BCUT2D eigenvalue weighted by Crippen LogP contribution is 2.68. The topological polar surface area (TPSA) is 89.8 Å². The molecule has 11 atom stereocenters. The predicted octanol–water partition coefficient (Wildman–Crippen LogP) is 4.75. The van der Waals surface area contributed by atoms with Crippen LogP contribution in [0.2, 0.25) is 0 Å². The Kier molecular flexibility index (Phi) is 9.83. The fourth-order valence-corrected chi connectivity index (χ4v) is 10.2. The van der Waals surface area contributed by atoms with Crippen LogP contribution in [0.3, 0.4) is 0 Å². The molecule has 6 nitrogen and oxygen atoms in total. The number of nitrogens with zero attached hydrogens (tertiary/aromatic N) is 1. The molecular formula is C33H61N2O4+. The number of rotatable bonds is 11. The van der Waals surface area contributed by atoms with E-state index >= 15 is 0 Å². The van der Waals surface area contributed by atoms with Crippen LogP contribution < -0.4 is 5.32 Å². The third-order valence-corrected chi connectivity index (χ3v) is 12.7. The third-order valence-electron chi connectivity index (χ3n) is 12.7. The van der Waals surface area contributed by atoms with Gasteiger partial charge in [-0.1, -0.05) is 34.1 Å². The number of aliphatic hydroxyl groups is 3. The van der Waals surface area contributed by atoms with Gasteiger partial charge in [0.25, 0.3) is 0 Å². The van der Waals surface area contributed by atoms with E-state index in [-0.39, 0.29) is 41.0 Å². The lowest BCUT2D eigenvalue weighted by Crippen LogP contribution is -2.62. The number of amides is 1. The Morgan fingerprint density at radius 1 is 1.00 bits per heavy atom. The van der Waals surface area contributed by atoms with Gasteiger partial charge in [-0.3, -0.25) is 4.79 Å². The molecule has 4 rings (SSSR count). The van der Waals surface area contributed by atoms with Crippen LogP contribution in [-0.4, -0.2) is 77.8 Å². The summed E-state index contributed by atoms with van der Waals surface area (Å²) in [6.45, 7) is 12.2. The Morgan fingerprint density at radius 3 is 2.44 bits per heavy atom. The van der Waals surface area contributed by atoms with E-state index in [4.69, 9.17) is 0 Å². The molecule has 4 N–H and O–H groups in total. The first-order chi connectivity index (χ1) is 18.3. The van der Waals surface area contributed by atoms with E-state index in [1.807, 2.05) is 0 Å². The lowest BCUT2D eigenvalue weighted by Gasteiger charge is -2.63. The summed E-state index contributed by atoms with van der Waals surface area (Å²) in [4.78, 5) is 12.7. The predicted molar refractivity (Wildman–Crippen MR) is 157 cm³/mol. The minimum atomic E-state index is -0.365. The number of nitrogens with one attached hydrogen (secondary N) is 1. The fourth-order valence-electron chi connectivity index (χ4n) is 10.2. The van der Waals surface area contributed by atoms with Gasteiger partial charge in [0.1, 0.15) is 0 Å². The summed E-state index contributed by atoms with van der Waals surface area (Å²) in [5.74, 6) is 2.18. The maximum absolute atomic E-state index is 12.7. The second-order valence-electron chi connectivity index (χ2n) is 15.5. The van der Waals surface area contributed by atoms with Crippen LogP contribution in [0.25, 0.3) is 0 Å². The van der Waals surface area contributed by atoms with E-state index in [0.29, 0.717) is 36.0 Å². The van der Waals surface area contributed by atoms with Gasteiger partial charge in [0.15, 0.2) is 0 Å². The number of aliphatic hydroxyl groups excluding tert-OH is 3. The smallest absolute Gasteiger partial charge is 0.220 e. The highest BCUT2D eigenvalue weighted by Gasteiger charge is 2.65. The van der Waals surface area contributed by atoms with E-state index in [1.165, 1.54) is 19.4 Å². The second kappa shape index (κ2) is 12.3. The van der Waals surface area contributed by atoms with Gasteiger partial charge in [0.05, 0.1) is 45.5 Å². The molecule has 0 aromatic carbocycles.